The topological polar surface area (TPSA) is 53.6 Å². The zero-order valence-electron chi connectivity index (χ0n) is 12.2. The lowest BCUT2D eigenvalue weighted by molar-refractivity contribution is -0.119. The van der Waals surface area contributed by atoms with Crippen LogP contribution in [-0.4, -0.2) is 46.8 Å². The van der Waals surface area contributed by atoms with Gasteiger partial charge in [-0.25, -0.2) is 0 Å². The van der Waals surface area contributed by atoms with E-state index in [1.807, 2.05) is 31.1 Å². The number of halogens is 1. The van der Waals surface area contributed by atoms with E-state index < -0.39 is 0 Å². The third kappa shape index (κ3) is 5.48. The standard InChI is InChI=1S/C14H22BrN3O2/c1-16-9-11-4-5-12(15)8-13(11)18(2)10-14(19)17-6-7-20-3/h4-5,8,16H,6-7,9-10H2,1-3H3,(H,17,19). The van der Waals surface area contributed by atoms with E-state index >= 15 is 0 Å². The van der Waals surface area contributed by atoms with Crippen molar-refractivity contribution >= 4 is 27.5 Å². The summed E-state index contributed by atoms with van der Waals surface area (Å²) >= 11 is 3.47. The Morgan fingerprint density at radius 1 is 1.45 bits per heavy atom. The molecule has 0 spiro atoms. The third-order valence-electron chi connectivity index (χ3n) is 2.83. The second kappa shape index (κ2) is 8.94. The van der Waals surface area contributed by atoms with Crippen molar-refractivity contribution in [2.24, 2.45) is 0 Å². The smallest absolute Gasteiger partial charge is 0.239 e. The van der Waals surface area contributed by atoms with Gasteiger partial charge in [0.25, 0.3) is 0 Å². The molecular weight excluding hydrogens is 322 g/mol. The molecule has 2 N–H and O–H groups in total. The molecule has 0 aliphatic rings. The molecule has 112 valence electrons. The van der Waals surface area contributed by atoms with Crippen molar-refractivity contribution in [3.8, 4) is 0 Å². The first-order valence-electron chi connectivity index (χ1n) is 6.48. The van der Waals surface area contributed by atoms with Gasteiger partial charge in [0.1, 0.15) is 0 Å². The molecule has 0 aliphatic carbocycles. The number of nitrogens with zero attached hydrogens (tertiary/aromatic N) is 1. The summed E-state index contributed by atoms with van der Waals surface area (Å²) in [6.45, 7) is 2.14. The number of rotatable bonds is 8. The van der Waals surface area contributed by atoms with Crippen LogP contribution in [0, 0.1) is 0 Å². The SMILES string of the molecule is CNCc1ccc(Br)cc1N(C)CC(=O)NCCOC. The summed E-state index contributed by atoms with van der Waals surface area (Å²) in [5.74, 6) is -0.0140. The number of methoxy groups -OCH3 is 1. The van der Waals surface area contributed by atoms with Crippen molar-refractivity contribution in [2.75, 3.05) is 45.8 Å². The molecule has 0 fully saturated rings. The van der Waals surface area contributed by atoms with Gasteiger partial charge in [-0.05, 0) is 24.7 Å². The molecule has 0 bridgehead atoms. The molecule has 0 saturated heterocycles. The van der Waals surface area contributed by atoms with Gasteiger partial charge < -0.3 is 20.3 Å². The zero-order chi connectivity index (χ0) is 15.0. The molecule has 0 saturated carbocycles. The average molecular weight is 344 g/mol. The Kier molecular flexibility index (Phi) is 7.58. The number of likely N-dealkylation sites (N-methyl/N-ethyl adjacent to an activating group) is 1. The number of amides is 1. The van der Waals surface area contributed by atoms with E-state index in [1.165, 1.54) is 0 Å². The molecule has 6 heteroatoms. The summed E-state index contributed by atoms with van der Waals surface area (Å²) < 4.78 is 5.90. The Balaban J connectivity index is 2.68. The number of hydrogen-bond acceptors (Lipinski definition) is 4. The molecule has 1 rings (SSSR count). The Bertz CT molecular complexity index is 440. The van der Waals surface area contributed by atoms with Crippen molar-refractivity contribution in [2.45, 2.75) is 6.54 Å². The van der Waals surface area contributed by atoms with Gasteiger partial charge in [0.15, 0.2) is 0 Å². The summed E-state index contributed by atoms with van der Waals surface area (Å²) in [6.07, 6.45) is 0. The summed E-state index contributed by atoms with van der Waals surface area (Å²) in [6, 6.07) is 6.08. The second-order valence-corrected chi connectivity index (χ2v) is 5.42. The minimum Gasteiger partial charge on any atom is -0.383 e. The highest BCUT2D eigenvalue weighted by atomic mass is 79.9. The molecule has 0 atom stereocenters. The highest BCUT2D eigenvalue weighted by Crippen LogP contribution is 2.24. The maximum atomic E-state index is 11.8. The third-order valence-corrected chi connectivity index (χ3v) is 3.33. The van der Waals surface area contributed by atoms with Crippen LogP contribution < -0.4 is 15.5 Å². The van der Waals surface area contributed by atoms with Gasteiger partial charge in [-0.15, -0.1) is 0 Å². The molecular formula is C14H22BrN3O2. The lowest BCUT2D eigenvalue weighted by Crippen LogP contribution is -2.37. The van der Waals surface area contributed by atoms with Gasteiger partial charge in [0.05, 0.1) is 13.2 Å². The molecule has 0 radical (unpaired) electrons. The molecule has 0 unspecified atom stereocenters. The highest BCUT2D eigenvalue weighted by Gasteiger charge is 2.11. The second-order valence-electron chi connectivity index (χ2n) is 4.50. The minimum absolute atomic E-state index is 0.0140. The van der Waals surface area contributed by atoms with Crippen LogP contribution in [0.4, 0.5) is 5.69 Å². The van der Waals surface area contributed by atoms with Crippen molar-refractivity contribution in [1.82, 2.24) is 10.6 Å². The predicted molar refractivity (Wildman–Crippen MR) is 85.1 cm³/mol. The van der Waals surface area contributed by atoms with Gasteiger partial charge in [-0.2, -0.15) is 0 Å². The number of hydrogen-bond donors (Lipinski definition) is 2. The predicted octanol–water partition coefficient (Wildman–Crippen LogP) is 1.37. The van der Waals surface area contributed by atoms with E-state index in [0.717, 1.165) is 22.3 Å². The van der Waals surface area contributed by atoms with Crippen LogP contribution in [0.15, 0.2) is 22.7 Å². The minimum atomic E-state index is -0.0140. The molecule has 0 aromatic heterocycles. The maximum Gasteiger partial charge on any atom is 0.239 e. The van der Waals surface area contributed by atoms with Crippen LogP contribution in [0.3, 0.4) is 0 Å². The summed E-state index contributed by atoms with van der Waals surface area (Å²) in [4.78, 5) is 13.8. The van der Waals surface area contributed by atoms with E-state index in [1.54, 1.807) is 7.11 Å². The fourth-order valence-electron chi connectivity index (χ4n) is 1.88. The lowest BCUT2D eigenvalue weighted by atomic mass is 10.1. The molecule has 1 aromatic rings. The maximum absolute atomic E-state index is 11.8. The van der Waals surface area contributed by atoms with Crippen LogP contribution >= 0.6 is 15.9 Å². The van der Waals surface area contributed by atoms with Crippen LogP contribution in [-0.2, 0) is 16.1 Å². The van der Waals surface area contributed by atoms with E-state index in [2.05, 4.69) is 32.6 Å². The Morgan fingerprint density at radius 3 is 2.85 bits per heavy atom. The van der Waals surface area contributed by atoms with Crippen molar-refractivity contribution in [3.05, 3.63) is 28.2 Å². The van der Waals surface area contributed by atoms with Crippen molar-refractivity contribution < 1.29 is 9.53 Å². The monoisotopic (exact) mass is 343 g/mol. The van der Waals surface area contributed by atoms with Gasteiger partial charge in [-0.3, -0.25) is 4.79 Å². The number of anilines is 1. The Morgan fingerprint density at radius 2 is 2.20 bits per heavy atom. The summed E-state index contributed by atoms with van der Waals surface area (Å²) in [7, 11) is 5.43. The quantitative estimate of drug-likeness (QED) is 0.700. The zero-order valence-corrected chi connectivity index (χ0v) is 13.8. The van der Waals surface area contributed by atoms with Crippen LogP contribution in [0.2, 0.25) is 0 Å². The number of nitrogens with one attached hydrogen (secondary N) is 2. The first kappa shape index (κ1) is 16.9. The van der Waals surface area contributed by atoms with Gasteiger partial charge in [0, 0.05) is 37.4 Å². The van der Waals surface area contributed by atoms with Crippen molar-refractivity contribution in [3.63, 3.8) is 0 Å². The number of ether oxygens (including phenoxy) is 1. The van der Waals surface area contributed by atoms with E-state index in [9.17, 15) is 4.79 Å². The summed E-state index contributed by atoms with van der Waals surface area (Å²) in [5.41, 5.74) is 2.19. The number of benzene rings is 1. The number of carbonyl (C=O) groups excluding carboxylic acids is 1. The van der Waals surface area contributed by atoms with Crippen LogP contribution in [0.1, 0.15) is 5.56 Å². The average Bonchev–Trinajstić information content (AvgIpc) is 2.41. The van der Waals surface area contributed by atoms with E-state index in [-0.39, 0.29) is 5.91 Å². The van der Waals surface area contributed by atoms with Crippen LogP contribution in [0.25, 0.3) is 0 Å². The molecule has 0 aliphatic heterocycles. The largest absolute Gasteiger partial charge is 0.383 e. The van der Waals surface area contributed by atoms with Gasteiger partial charge in [-0.1, -0.05) is 22.0 Å². The van der Waals surface area contributed by atoms with E-state index in [4.69, 9.17) is 4.74 Å². The van der Waals surface area contributed by atoms with Crippen molar-refractivity contribution in [1.29, 1.82) is 0 Å². The summed E-state index contributed by atoms with van der Waals surface area (Å²) in [5, 5.41) is 5.95. The fraction of sp³-hybridized carbons (Fsp3) is 0.500. The fourth-order valence-corrected chi connectivity index (χ4v) is 2.23. The lowest BCUT2D eigenvalue weighted by Gasteiger charge is -2.22. The molecule has 1 aromatic carbocycles. The van der Waals surface area contributed by atoms with Gasteiger partial charge in [0.2, 0.25) is 5.91 Å². The molecule has 0 heterocycles. The first-order valence-corrected chi connectivity index (χ1v) is 7.27. The van der Waals surface area contributed by atoms with Gasteiger partial charge >= 0.3 is 0 Å². The number of carbonyl (C=O) groups is 1. The normalized spacial score (nSPS) is 10.4. The highest BCUT2D eigenvalue weighted by molar-refractivity contribution is 9.10. The molecule has 20 heavy (non-hydrogen) atoms. The molecule has 1 amide bonds. The van der Waals surface area contributed by atoms with E-state index in [0.29, 0.717) is 19.7 Å². The first-order chi connectivity index (χ1) is 9.58. The Hall–Kier alpha value is -1.11. The Labute approximate surface area is 128 Å². The molecule has 5 nitrogen and oxygen atoms in total. The van der Waals surface area contributed by atoms with Crippen LogP contribution in [0.5, 0.6) is 0 Å².